The molecule has 0 radical (unpaired) electrons. The first-order chi connectivity index (χ1) is 42.0. The molecular formula is C76H58BF3N4OS2. The highest BCUT2D eigenvalue weighted by atomic mass is 32.2. The third kappa shape index (κ3) is 9.46. The van der Waals surface area contributed by atoms with E-state index >= 15 is 0 Å². The van der Waals surface area contributed by atoms with E-state index in [-0.39, 0.29) is 17.5 Å². The summed E-state index contributed by atoms with van der Waals surface area (Å²) in [5.74, 6) is 0. The summed E-state index contributed by atoms with van der Waals surface area (Å²) in [4.78, 5) is 13.2. The minimum atomic E-state index is -4.53. The second-order valence-electron chi connectivity index (χ2n) is 24.7. The number of benzene rings is 10. The zero-order valence-electron chi connectivity index (χ0n) is 48.8. The van der Waals surface area contributed by atoms with Crippen LogP contribution >= 0.6 is 23.1 Å². The molecule has 0 amide bonds. The highest BCUT2D eigenvalue weighted by Crippen LogP contribution is 2.53. The van der Waals surface area contributed by atoms with Crippen LogP contribution in [-0.2, 0) is 17.0 Å². The predicted molar refractivity (Wildman–Crippen MR) is 359 cm³/mol. The van der Waals surface area contributed by atoms with Crippen molar-refractivity contribution < 1.29 is 17.6 Å². The van der Waals surface area contributed by atoms with Crippen molar-refractivity contribution in [2.45, 2.75) is 68.3 Å². The Kier molecular flexibility index (Phi) is 12.9. The molecule has 13 aromatic rings. The van der Waals surface area contributed by atoms with Gasteiger partial charge < -0.3 is 19.1 Å². The zero-order chi connectivity index (χ0) is 59.5. The number of furan rings is 1. The molecule has 0 aliphatic carbocycles. The molecule has 0 atom stereocenters. The summed E-state index contributed by atoms with van der Waals surface area (Å²) in [5.41, 5.74) is 17.8. The maximum absolute atomic E-state index is 14.6. The van der Waals surface area contributed by atoms with E-state index in [1.807, 2.05) is 47.9 Å². The molecule has 0 N–H and O–H groups in total. The van der Waals surface area contributed by atoms with Crippen molar-refractivity contribution in [1.29, 1.82) is 0 Å². The van der Waals surface area contributed by atoms with Crippen molar-refractivity contribution in [2.24, 2.45) is 0 Å². The van der Waals surface area contributed by atoms with Gasteiger partial charge in [0.25, 0.3) is 6.71 Å². The van der Waals surface area contributed by atoms with E-state index < -0.39 is 11.7 Å². The third-order valence-electron chi connectivity index (χ3n) is 17.1. The molecule has 3 aromatic heterocycles. The highest BCUT2D eigenvalue weighted by Gasteiger charge is 2.46. The first-order valence-electron chi connectivity index (χ1n) is 29.3. The lowest BCUT2D eigenvalue weighted by Crippen LogP contribution is -2.60. The Bertz CT molecular complexity index is 4820. The monoisotopic (exact) mass is 1170 g/mol. The average molecular weight is 1180 g/mol. The Hall–Kier alpha value is -9.29. The Labute approximate surface area is 513 Å². The van der Waals surface area contributed by atoms with Gasteiger partial charge >= 0.3 is 6.18 Å². The average Bonchev–Trinajstić information content (AvgIpc) is 1.70. The Morgan fingerprint density at radius 3 is 1.93 bits per heavy atom. The van der Waals surface area contributed by atoms with Crippen LogP contribution in [0.1, 0.15) is 58.2 Å². The second kappa shape index (κ2) is 20.7. The van der Waals surface area contributed by atoms with Gasteiger partial charge in [0, 0.05) is 86.9 Å². The smallest absolute Gasteiger partial charge is 0.416 e. The lowest BCUT2D eigenvalue weighted by molar-refractivity contribution is -0.137. The van der Waals surface area contributed by atoms with Crippen LogP contribution in [0.2, 0.25) is 0 Å². The molecule has 5 heterocycles. The number of nitrogens with zero attached hydrogens (tertiary/aromatic N) is 4. The normalized spacial score (nSPS) is 13.1. The molecule has 0 fully saturated rings. The number of aromatic nitrogens is 1. The van der Waals surface area contributed by atoms with Gasteiger partial charge in [-0.2, -0.15) is 13.2 Å². The molecule has 2 aliphatic heterocycles. The quantitative estimate of drug-likeness (QED) is 0.134. The topological polar surface area (TPSA) is 35.8 Å². The molecular weight excluding hydrogens is 1120 g/mol. The molecule has 424 valence electrons. The van der Waals surface area contributed by atoms with Crippen LogP contribution in [0.25, 0.3) is 54.4 Å². The van der Waals surface area contributed by atoms with Gasteiger partial charge in [-0.3, -0.25) is 4.98 Å². The summed E-state index contributed by atoms with van der Waals surface area (Å²) in [6.07, 6.45) is -2.69. The summed E-state index contributed by atoms with van der Waals surface area (Å²) >= 11 is 3.15. The molecule has 15 rings (SSSR count). The van der Waals surface area contributed by atoms with E-state index in [0.29, 0.717) is 4.90 Å². The Morgan fingerprint density at radius 1 is 0.506 bits per heavy atom. The van der Waals surface area contributed by atoms with Crippen LogP contribution in [-0.4, -0.2) is 11.7 Å². The lowest BCUT2D eigenvalue weighted by Gasteiger charge is -2.43. The van der Waals surface area contributed by atoms with E-state index in [4.69, 9.17) is 9.40 Å². The largest absolute Gasteiger partial charge is 0.454 e. The van der Waals surface area contributed by atoms with Gasteiger partial charge in [0.1, 0.15) is 5.58 Å². The van der Waals surface area contributed by atoms with Crippen molar-refractivity contribution >= 4 is 129 Å². The first-order valence-corrected chi connectivity index (χ1v) is 31.0. The molecule has 87 heavy (non-hydrogen) atoms. The number of halogens is 3. The second-order valence-corrected chi connectivity index (χ2v) is 26.9. The van der Waals surface area contributed by atoms with Crippen LogP contribution in [0.5, 0.6) is 0 Å². The summed E-state index contributed by atoms with van der Waals surface area (Å²) < 4.78 is 53.3. The number of hydrogen-bond donors (Lipinski definition) is 0. The van der Waals surface area contributed by atoms with Crippen molar-refractivity contribution in [1.82, 2.24) is 4.98 Å². The zero-order valence-corrected chi connectivity index (χ0v) is 50.5. The third-order valence-corrected chi connectivity index (χ3v) is 19.3. The van der Waals surface area contributed by atoms with Gasteiger partial charge in [-0.05, 0) is 148 Å². The fourth-order valence-electron chi connectivity index (χ4n) is 12.8. The van der Waals surface area contributed by atoms with Gasteiger partial charge in [-0.25, -0.2) is 0 Å². The van der Waals surface area contributed by atoms with Crippen molar-refractivity contribution in [3.05, 3.63) is 259 Å². The van der Waals surface area contributed by atoms with Crippen molar-refractivity contribution in [2.75, 3.05) is 14.7 Å². The molecule has 0 unspecified atom stereocenters. The Morgan fingerprint density at radius 2 is 1.18 bits per heavy atom. The van der Waals surface area contributed by atoms with Gasteiger partial charge in [-0.1, -0.05) is 181 Å². The van der Waals surface area contributed by atoms with Gasteiger partial charge in [0.15, 0.2) is 5.58 Å². The molecule has 5 nitrogen and oxygen atoms in total. The minimum Gasteiger partial charge on any atom is -0.454 e. The van der Waals surface area contributed by atoms with E-state index in [0.717, 1.165) is 127 Å². The van der Waals surface area contributed by atoms with Crippen LogP contribution in [0.3, 0.4) is 0 Å². The van der Waals surface area contributed by atoms with Crippen LogP contribution < -0.4 is 30.4 Å². The number of anilines is 9. The summed E-state index contributed by atoms with van der Waals surface area (Å²) in [6.45, 7) is 13.1. The molecule has 0 spiro atoms. The van der Waals surface area contributed by atoms with E-state index in [1.54, 1.807) is 6.07 Å². The molecule has 11 heteroatoms. The number of fused-ring (bicyclic) bond motifs is 9. The summed E-state index contributed by atoms with van der Waals surface area (Å²) in [5, 5.41) is 3.05. The Balaban J connectivity index is 1.06. The standard InChI is InChI=1S/C76H58BF3N4OS2/c1-74(2,3)49-30-34-52(35-31-49)82(63-26-12-10-22-57(63)47-18-8-7-9-19-47)54-38-39-61-65(44-54)84(64-27-17-24-59-58-23-11-13-28-68(58)85-72(59)64)67-46-56(86-55-21-16-20-51(43-55)76(78,79)80)45-66-70(67)77(61)73-71(83(66)53-36-32-50(33-37-53)75(4,5)6)60-42-48(29-40-69(60)87-73)62-25-14-15-41-81-62/h7-46H,1-6H3. The molecule has 10 aromatic carbocycles. The number of thiophene rings is 1. The first kappa shape index (κ1) is 54.4. The van der Waals surface area contributed by atoms with Crippen LogP contribution in [0.4, 0.5) is 64.4 Å². The van der Waals surface area contributed by atoms with Crippen LogP contribution in [0.15, 0.2) is 257 Å². The number of pyridine rings is 1. The number of para-hydroxylation sites is 3. The fraction of sp³-hybridized carbons (Fsp3) is 0.118. The summed E-state index contributed by atoms with van der Waals surface area (Å²) in [7, 11) is 0. The predicted octanol–water partition coefficient (Wildman–Crippen LogP) is 20.8. The highest BCUT2D eigenvalue weighted by molar-refractivity contribution is 7.99. The van der Waals surface area contributed by atoms with Crippen molar-refractivity contribution in [3.8, 4) is 22.4 Å². The fourth-order valence-corrected chi connectivity index (χ4v) is 15.1. The van der Waals surface area contributed by atoms with Crippen LogP contribution in [0, 0.1) is 0 Å². The van der Waals surface area contributed by atoms with Gasteiger partial charge in [0.2, 0.25) is 0 Å². The summed E-state index contributed by atoms with van der Waals surface area (Å²) in [6, 6.07) is 81.3. The minimum absolute atomic E-state index is 0.0727. The maximum atomic E-state index is 14.6. The maximum Gasteiger partial charge on any atom is 0.416 e. The number of hydrogen-bond acceptors (Lipinski definition) is 7. The van der Waals surface area contributed by atoms with E-state index in [2.05, 4.69) is 238 Å². The molecule has 2 aliphatic rings. The van der Waals surface area contributed by atoms with Crippen molar-refractivity contribution in [3.63, 3.8) is 0 Å². The number of rotatable bonds is 9. The van der Waals surface area contributed by atoms with E-state index in [9.17, 15) is 13.2 Å². The van der Waals surface area contributed by atoms with Gasteiger partial charge in [0.05, 0.1) is 28.3 Å². The molecule has 0 saturated carbocycles. The SMILES string of the molecule is CC(C)(C)c1ccc(N(c2ccc3c(c2)N(c2cccc4c2oc2ccccc24)c2cc(Sc4cccc(C(F)(F)F)c4)cc4c2B3c2sc3ccc(-c5ccccn5)cc3c2N4c2ccc(C(C)(C)C)cc2)c2ccccc2-c2ccccc2)cc1. The molecule has 0 bridgehead atoms. The lowest BCUT2D eigenvalue weighted by atomic mass is 9.36. The van der Waals surface area contributed by atoms with E-state index in [1.165, 1.54) is 39.8 Å². The molecule has 0 saturated heterocycles. The number of alkyl halides is 3. The van der Waals surface area contributed by atoms with Gasteiger partial charge in [-0.15, -0.1) is 11.3 Å².